The van der Waals surface area contributed by atoms with E-state index >= 15 is 0 Å². The van der Waals surface area contributed by atoms with Gasteiger partial charge in [-0.05, 0) is 32.3 Å². The molecule has 1 fully saturated rings. The van der Waals surface area contributed by atoms with Crippen LogP contribution in [0.3, 0.4) is 0 Å². The number of carbonyl (C=O) groups excluding carboxylic acids is 1. The van der Waals surface area contributed by atoms with Gasteiger partial charge in [0, 0.05) is 13.0 Å². The predicted octanol–water partition coefficient (Wildman–Crippen LogP) is 2.73. The van der Waals surface area contributed by atoms with Crippen molar-refractivity contribution in [2.75, 3.05) is 6.61 Å². The van der Waals surface area contributed by atoms with E-state index in [-0.39, 0.29) is 5.78 Å². The summed E-state index contributed by atoms with van der Waals surface area (Å²) in [7, 11) is 0. The third-order valence-corrected chi connectivity index (χ3v) is 2.77. The summed E-state index contributed by atoms with van der Waals surface area (Å²) in [6, 6.07) is 1.79. The van der Waals surface area contributed by atoms with E-state index in [4.69, 9.17) is 9.15 Å². The second kappa shape index (κ2) is 4.62. The highest BCUT2D eigenvalue weighted by Gasteiger charge is 2.17. The van der Waals surface area contributed by atoms with Crippen LogP contribution >= 0.6 is 0 Å². The molecule has 0 aliphatic carbocycles. The Morgan fingerprint density at radius 3 is 3.07 bits per heavy atom. The van der Waals surface area contributed by atoms with E-state index in [2.05, 4.69) is 0 Å². The Hall–Kier alpha value is -1.09. The zero-order valence-corrected chi connectivity index (χ0v) is 8.99. The van der Waals surface area contributed by atoms with Gasteiger partial charge in [0.25, 0.3) is 0 Å². The lowest BCUT2D eigenvalue weighted by molar-refractivity contribution is 0.0859. The third-order valence-electron chi connectivity index (χ3n) is 2.77. The molecule has 3 heteroatoms. The quantitative estimate of drug-likeness (QED) is 0.714. The molecule has 2 rings (SSSR count). The molecular formula is C12H16O3. The number of aryl methyl sites for hydroxylation is 1. The van der Waals surface area contributed by atoms with Crippen molar-refractivity contribution >= 4 is 5.78 Å². The Kier molecular flexibility index (Phi) is 3.21. The second-order valence-electron chi connectivity index (χ2n) is 4.04. The Bertz CT molecular complexity index is 334. The molecule has 0 radical (unpaired) electrons. The van der Waals surface area contributed by atoms with Crippen LogP contribution in [-0.4, -0.2) is 18.5 Å². The minimum Gasteiger partial charge on any atom is -0.469 e. The maximum Gasteiger partial charge on any atom is 0.166 e. The summed E-state index contributed by atoms with van der Waals surface area (Å²) in [6.07, 6.45) is 5.45. The molecule has 1 atom stereocenters. The SMILES string of the molecule is Cc1cc(C(=O)CCC2CCCO2)co1. The fourth-order valence-electron chi connectivity index (χ4n) is 1.90. The molecule has 3 nitrogen and oxygen atoms in total. The van der Waals surface area contributed by atoms with E-state index < -0.39 is 0 Å². The summed E-state index contributed by atoms with van der Waals surface area (Å²) in [5, 5.41) is 0. The first-order valence-corrected chi connectivity index (χ1v) is 5.45. The summed E-state index contributed by atoms with van der Waals surface area (Å²) < 4.78 is 10.6. The minimum absolute atomic E-state index is 0.155. The Labute approximate surface area is 89.4 Å². The van der Waals surface area contributed by atoms with Gasteiger partial charge < -0.3 is 9.15 Å². The normalized spacial score (nSPS) is 20.7. The predicted molar refractivity (Wildman–Crippen MR) is 56.0 cm³/mol. The first-order valence-electron chi connectivity index (χ1n) is 5.45. The van der Waals surface area contributed by atoms with Gasteiger partial charge in [-0.2, -0.15) is 0 Å². The van der Waals surface area contributed by atoms with Crippen LogP contribution in [0.4, 0.5) is 0 Å². The van der Waals surface area contributed by atoms with Gasteiger partial charge in [0.2, 0.25) is 0 Å². The minimum atomic E-state index is 0.155. The molecule has 0 N–H and O–H groups in total. The average molecular weight is 208 g/mol. The second-order valence-corrected chi connectivity index (χ2v) is 4.04. The van der Waals surface area contributed by atoms with Gasteiger partial charge in [-0.3, -0.25) is 4.79 Å². The van der Waals surface area contributed by atoms with Gasteiger partial charge >= 0.3 is 0 Å². The van der Waals surface area contributed by atoms with Crippen LogP contribution in [0.2, 0.25) is 0 Å². The fraction of sp³-hybridized carbons (Fsp3) is 0.583. The van der Waals surface area contributed by atoms with Crippen molar-refractivity contribution in [1.82, 2.24) is 0 Å². The Balaban J connectivity index is 1.81. The number of Topliss-reactive ketones (excluding diaryl/α,β-unsaturated/α-hetero) is 1. The van der Waals surface area contributed by atoms with E-state index in [9.17, 15) is 4.79 Å². The van der Waals surface area contributed by atoms with Crippen LogP contribution in [0.5, 0.6) is 0 Å². The van der Waals surface area contributed by atoms with E-state index in [1.165, 1.54) is 6.26 Å². The lowest BCUT2D eigenvalue weighted by Crippen LogP contribution is -2.08. The smallest absolute Gasteiger partial charge is 0.166 e. The van der Waals surface area contributed by atoms with Crippen molar-refractivity contribution in [3.8, 4) is 0 Å². The van der Waals surface area contributed by atoms with Gasteiger partial charge in [0.05, 0.1) is 11.7 Å². The van der Waals surface area contributed by atoms with Crippen molar-refractivity contribution in [3.63, 3.8) is 0 Å². The zero-order valence-electron chi connectivity index (χ0n) is 8.99. The van der Waals surface area contributed by atoms with Gasteiger partial charge in [-0.15, -0.1) is 0 Å². The van der Waals surface area contributed by atoms with Crippen LogP contribution < -0.4 is 0 Å². The van der Waals surface area contributed by atoms with Crippen molar-refractivity contribution in [2.24, 2.45) is 0 Å². The molecule has 1 aliphatic rings. The maximum absolute atomic E-state index is 11.7. The highest BCUT2D eigenvalue weighted by molar-refractivity contribution is 5.95. The van der Waals surface area contributed by atoms with Crippen LogP contribution in [-0.2, 0) is 4.74 Å². The number of rotatable bonds is 4. The number of furan rings is 1. The number of ether oxygens (including phenoxy) is 1. The highest BCUT2D eigenvalue weighted by Crippen LogP contribution is 2.18. The fourth-order valence-corrected chi connectivity index (χ4v) is 1.90. The van der Waals surface area contributed by atoms with Gasteiger partial charge in [0.1, 0.15) is 12.0 Å². The monoisotopic (exact) mass is 208 g/mol. The molecule has 82 valence electrons. The number of hydrogen-bond donors (Lipinski definition) is 0. The first kappa shape index (κ1) is 10.4. The molecule has 0 amide bonds. The van der Waals surface area contributed by atoms with E-state index in [0.717, 1.165) is 31.6 Å². The lowest BCUT2D eigenvalue weighted by Gasteiger charge is -2.06. The van der Waals surface area contributed by atoms with Crippen molar-refractivity contribution in [1.29, 1.82) is 0 Å². The molecule has 0 aromatic carbocycles. The molecule has 1 unspecified atom stereocenters. The van der Waals surface area contributed by atoms with Crippen LogP contribution in [0.25, 0.3) is 0 Å². The van der Waals surface area contributed by atoms with E-state index in [0.29, 0.717) is 18.1 Å². The number of ketones is 1. The molecule has 0 spiro atoms. The van der Waals surface area contributed by atoms with Gasteiger partial charge in [0.15, 0.2) is 5.78 Å². The summed E-state index contributed by atoms with van der Waals surface area (Å²) in [4.78, 5) is 11.7. The molecular weight excluding hydrogens is 192 g/mol. The van der Waals surface area contributed by atoms with Crippen molar-refractivity contribution in [3.05, 3.63) is 23.7 Å². The average Bonchev–Trinajstić information content (AvgIpc) is 2.84. The molecule has 15 heavy (non-hydrogen) atoms. The number of carbonyl (C=O) groups is 1. The zero-order chi connectivity index (χ0) is 10.7. The van der Waals surface area contributed by atoms with Crippen LogP contribution in [0, 0.1) is 6.92 Å². The summed E-state index contributed by atoms with van der Waals surface area (Å²) in [5.74, 6) is 0.942. The van der Waals surface area contributed by atoms with Crippen molar-refractivity contribution < 1.29 is 13.9 Å². The van der Waals surface area contributed by atoms with Crippen LogP contribution in [0.1, 0.15) is 41.8 Å². The topological polar surface area (TPSA) is 39.4 Å². The molecule has 0 bridgehead atoms. The van der Waals surface area contributed by atoms with Crippen LogP contribution in [0.15, 0.2) is 16.7 Å². The molecule has 0 saturated carbocycles. The first-order chi connectivity index (χ1) is 7.25. The lowest BCUT2D eigenvalue weighted by atomic mass is 10.1. The Morgan fingerprint density at radius 2 is 2.47 bits per heavy atom. The standard InChI is InChI=1S/C12H16O3/c1-9-7-10(8-15-9)12(13)5-4-11-3-2-6-14-11/h7-8,11H,2-6H2,1H3. The maximum atomic E-state index is 11.7. The summed E-state index contributed by atoms with van der Waals surface area (Å²) >= 11 is 0. The van der Waals surface area contributed by atoms with Gasteiger partial charge in [-0.1, -0.05) is 0 Å². The number of hydrogen-bond acceptors (Lipinski definition) is 3. The van der Waals surface area contributed by atoms with Gasteiger partial charge in [-0.25, -0.2) is 0 Å². The third kappa shape index (κ3) is 2.69. The molecule has 1 saturated heterocycles. The largest absolute Gasteiger partial charge is 0.469 e. The Morgan fingerprint density at radius 1 is 1.60 bits per heavy atom. The molecule has 2 heterocycles. The summed E-state index contributed by atoms with van der Waals surface area (Å²) in [6.45, 7) is 2.69. The van der Waals surface area contributed by atoms with E-state index in [1.807, 2.05) is 6.92 Å². The molecule has 1 aliphatic heterocycles. The molecule has 1 aromatic heterocycles. The summed E-state index contributed by atoms with van der Waals surface area (Å²) in [5.41, 5.74) is 0.686. The van der Waals surface area contributed by atoms with Crippen molar-refractivity contribution in [2.45, 2.75) is 38.7 Å². The van der Waals surface area contributed by atoms with E-state index in [1.54, 1.807) is 6.07 Å². The molecule has 1 aromatic rings. The highest BCUT2D eigenvalue weighted by atomic mass is 16.5.